The zero-order valence-corrected chi connectivity index (χ0v) is 9.61. The second-order valence-corrected chi connectivity index (χ2v) is 3.78. The van der Waals surface area contributed by atoms with E-state index in [2.05, 4.69) is 26.3 Å². The molecule has 1 heterocycles. The molecule has 0 saturated heterocycles. The lowest BCUT2D eigenvalue weighted by Crippen LogP contribution is -2.22. The van der Waals surface area contributed by atoms with Gasteiger partial charge < -0.3 is 5.32 Å². The van der Waals surface area contributed by atoms with Crippen LogP contribution in [0.3, 0.4) is 0 Å². The van der Waals surface area contributed by atoms with Crippen molar-refractivity contribution in [1.82, 2.24) is 15.1 Å². The molecular weight excluding hydrogens is 256 g/mol. The summed E-state index contributed by atoms with van der Waals surface area (Å²) in [4.78, 5) is 0. The van der Waals surface area contributed by atoms with Crippen molar-refractivity contribution in [3.63, 3.8) is 0 Å². The van der Waals surface area contributed by atoms with E-state index >= 15 is 0 Å². The highest BCUT2D eigenvalue weighted by Gasteiger charge is 2.10. The Labute approximate surface area is 89.6 Å². The molecule has 0 radical (unpaired) electrons. The van der Waals surface area contributed by atoms with Crippen LogP contribution >= 0.6 is 15.9 Å². The molecule has 3 nitrogen and oxygen atoms in total. The summed E-state index contributed by atoms with van der Waals surface area (Å²) in [6.07, 6.45) is -2.32. The van der Waals surface area contributed by atoms with Gasteiger partial charge in [0.2, 0.25) is 0 Å². The van der Waals surface area contributed by atoms with Crippen LogP contribution in [0, 0.1) is 6.92 Å². The maximum absolute atomic E-state index is 11.8. The highest BCUT2D eigenvalue weighted by atomic mass is 79.9. The minimum Gasteiger partial charge on any atom is -0.306 e. The normalized spacial score (nSPS) is 11.3. The molecule has 0 fully saturated rings. The number of hydrogen-bond donors (Lipinski definition) is 1. The first-order valence-electron chi connectivity index (χ1n) is 4.19. The van der Waals surface area contributed by atoms with E-state index in [1.165, 1.54) is 0 Å². The number of aryl methyl sites for hydroxylation is 2. The lowest BCUT2D eigenvalue weighted by Gasteiger charge is -2.04. The van der Waals surface area contributed by atoms with Crippen LogP contribution in [0.5, 0.6) is 0 Å². The molecule has 1 aromatic heterocycles. The molecule has 1 aromatic rings. The van der Waals surface area contributed by atoms with Gasteiger partial charge in [-0.3, -0.25) is 4.68 Å². The topological polar surface area (TPSA) is 29.9 Å². The average Bonchev–Trinajstić information content (AvgIpc) is 2.31. The largest absolute Gasteiger partial charge is 0.306 e. The minimum absolute atomic E-state index is 0.295. The van der Waals surface area contributed by atoms with E-state index in [4.69, 9.17) is 0 Å². The monoisotopic (exact) mass is 267 g/mol. The van der Waals surface area contributed by atoms with Crippen LogP contribution in [-0.4, -0.2) is 22.8 Å². The molecule has 0 unspecified atom stereocenters. The van der Waals surface area contributed by atoms with E-state index in [0.29, 0.717) is 6.54 Å². The van der Waals surface area contributed by atoms with E-state index in [-0.39, 0.29) is 6.54 Å². The molecule has 6 heteroatoms. The van der Waals surface area contributed by atoms with Crippen LogP contribution in [0.15, 0.2) is 4.47 Å². The summed E-state index contributed by atoms with van der Waals surface area (Å²) in [6.45, 7) is 1.96. The summed E-state index contributed by atoms with van der Waals surface area (Å²) in [5.41, 5.74) is 1.74. The Morgan fingerprint density at radius 2 is 2.21 bits per heavy atom. The van der Waals surface area contributed by atoms with Crippen molar-refractivity contribution in [1.29, 1.82) is 0 Å². The molecule has 0 aliphatic carbocycles. The number of halogens is 3. The maximum Gasteiger partial charge on any atom is 0.250 e. The van der Waals surface area contributed by atoms with Gasteiger partial charge in [-0.15, -0.1) is 0 Å². The van der Waals surface area contributed by atoms with Crippen molar-refractivity contribution in [2.24, 2.45) is 7.05 Å². The number of alkyl halides is 2. The van der Waals surface area contributed by atoms with Gasteiger partial charge in [0.15, 0.2) is 0 Å². The maximum atomic E-state index is 11.8. The number of nitrogens with one attached hydrogen (secondary N) is 1. The molecule has 0 bridgehead atoms. The second-order valence-electron chi connectivity index (χ2n) is 2.99. The van der Waals surface area contributed by atoms with Crippen LogP contribution in [0.2, 0.25) is 0 Å². The molecule has 0 aliphatic heterocycles. The Balaban J connectivity index is 2.58. The summed E-state index contributed by atoms with van der Waals surface area (Å²) in [7, 11) is 1.79. The van der Waals surface area contributed by atoms with Gasteiger partial charge in [-0.05, 0) is 22.9 Å². The van der Waals surface area contributed by atoms with Crippen molar-refractivity contribution in [2.75, 3.05) is 6.54 Å². The minimum atomic E-state index is -2.32. The first-order chi connectivity index (χ1) is 6.52. The lowest BCUT2D eigenvalue weighted by atomic mass is 10.3. The molecule has 0 spiro atoms. The Morgan fingerprint density at radius 1 is 1.57 bits per heavy atom. The van der Waals surface area contributed by atoms with E-state index in [9.17, 15) is 8.78 Å². The first-order valence-corrected chi connectivity index (χ1v) is 4.98. The molecule has 0 atom stereocenters. The predicted molar refractivity (Wildman–Crippen MR) is 53.4 cm³/mol. The molecule has 0 amide bonds. The lowest BCUT2D eigenvalue weighted by molar-refractivity contribution is 0.145. The van der Waals surface area contributed by atoms with Gasteiger partial charge in [-0.25, -0.2) is 8.78 Å². The highest BCUT2D eigenvalue weighted by Crippen LogP contribution is 2.19. The van der Waals surface area contributed by atoms with Gasteiger partial charge in [0.25, 0.3) is 6.43 Å². The summed E-state index contributed by atoms with van der Waals surface area (Å²) in [5, 5.41) is 6.81. The zero-order chi connectivity index (χ0) is 10.7. The molecule has 1 N–H and O–H groups in total. The first kappa shape index (κ1) is 11.6. The number of nitrogens with zero attached hydrogens (tertiary/aromatic N) is 2. The molecule has 0 aliphatic rings. The van der Waals surface area contributed by atoms with Crippen molar-refractivity contribution >= 4 is 15.9 Å². The van der Waals surface area contributed by atoms with E-state index in [0.717, 1.165) is 15.9 Å². The van der Waals surface area contributed by atoms with Gasteiger partial charge in [0.05, 0.1) is 22.4 Å². The summed E-state index contributed by atoms with van der Waals surface area (Å²) in [6, 6.07) is 0. The number of hydrogen-bond acceptors (Lipinski definition) is 2. The number of aromatic nitrogens is 2. The molecule has 1 rings (SSSR count). The molecule has 80 valence electrons. The van der Waals surface area contributed by atoms with Gasteiger partial charge in [0, 0.05) is 13.6 Å². The van der Waals surface area contributed by atoms with Crippen molar-refractivity contribution in [3.05, 3.63) is 15.9 Å². The summed E-state index contributed by atoms with van der Waals surface area (Å²) in [5.74, 6) is 0. The van der Waals surface area contributed by atoms with Gasteiger partial charge in [0.1, 0.15) is 0 Å². The summed E-state index contributed by atoms with van der Waals surface area (Å²) < 4.78 is 26.2. The predicted octanol–water partition coefficient (Wildman–Crippen LogP) is 1.85. The van der Waals surface area contributed by atoms with Crippen LogP contribution in [0.25, 0.3) is 0 Å². The number of rotatable bonds is 4. The third kappa shape index (κ3) is 2.75. The Bertz CT molecular complexity index is 312. The molecule has 0 aromatic carbocycles. The van der Waals surface area contributed by atoms with Gasteiger partial charge in [-0.2, -0.15) is 5.10 Å². The van der Waals surface area contributed by atoms with Crippen LogP contribution in [0.4, 0.5) is 8.78 Å². The van der Waals surface area contributed by atoms with Gasteiger partial charge in [-0.1, -0.05) is 0 Å². The molecular formula is C8H12BrF2N3. The van der Waals surface area contributed by atoms with Crippen LogP contribution < -0.4 is 5.32 Å². The van der Waals surface area contributed by atoms with Gasteiger partial charge >= 0.3 is 0 Å². The summed E-state index contributed by atoms with van der Waals surface area (Å²) >= 11 is 3.36. The molecule has 0 saturated carbocycles. The third-order valence-corrected chi connectivity index (χ3v) is 2.88. The standard InChI is InChI=1S/C8H12BrF2N3/c1-5-8(9)6(14(2)13-5)3-12-4-7(10)11/h7,12H,3-4H2,1-2H3. The fourth-order valence-electron chi connectivity index (χ4n) is 1.17. The average molecular weight is 268 g/mol. The van der Waals surface area contributed by atoms with Crippen LogP contribution in [0.1, 0.15) is 11.4 Å². The van der Waals surface area contributed by atoms with Crippen molar-refractivity contribution in [3.8, 4) is 0 Å². The highest BCUT2D eigenvalue weighted by molar-refractivity contribution is 9.10. The zero-order valence-electron chi connectivity index (χ0n) is 8.02. The van der Waals surface area contributed by atoms with Crippen molar-refractivity contribution in [2.45, 2.75) is 19.9 Å². The quantitative estimate of drug-likeness (QED) is 0.903. The fraction of sp³-hybridized carbons (Fsp3) is 0.625. The van der Waals surface area contributed by atoms with E-state index < -0.39 is 6.43 Å². The van der Waals surface area contributed by atoms with Crippen LogP contribution in [-0.2, 0) is 13.6 Å². The van der Waals surface area contributed by atoms with E-state index in [1.807, 2.05) is 6.92 Å². The van der Waals surface area contributed by atoms with E-state index in [1.54, 1.807) is 11.7 Å². The smallest absolute Gasteiger partial charge is 0.250 e. The van der Waals surface area contributed by atoms with Crippen molar-refractivity contribution < 1.29 is 8.78 Å². The molecule has 14 heavy (non-hydrogen) atoms. The fourth-order valence-corrected chi connectivity index (χ4v) is 1.65. The third-order valence-electron chi connectivity index (χ3n) is 1.85. The Morgan fingerprint density at radius 3 is 2.64 bits per heavy atom. The Kier molecular flexibility index (Phi) is 4.00. The Hall–Kier alpha value is -0.490. The second kappa shape index (κ2) is 4.84. The SMILES string of the molecule is Cc1nn(C)c(CNCC(F)F)c1Br.